The molecule has 0 bridgehead atoms. The second-order valence-electron chi connectivity index (χ2n) is 4.13. The van der Waals surface area contributed by atoms with E-state index in [4.69, 9.17) is 16.4 Å². The smallest absolute Gasteiger partial charge is 0.269 e. The van der Waals surface area contributed by atoms with Gasteiger partial charge in [-0.2, -0.15) is 5.48 Å². The molecule has 0 amide bonds. The van der Waals surface area contributed by atoms with Crippen LogP contribution in [-0.2, 0) is 18.0 Å². The van der Waals surface area contributed by atoms with Crippen LogP contribution in [-0.4, -0.2) is 4.92 Å². The molecule has 0 aliphatic rings. The molecule has 0 saturated heterocycles. The van der Waals surface area contributed by atoms with Crippen LogP contribution in [0.1, 0.15) is 11.1 Å². The summed E-state index contributed by atoms with van der Waals surface area (Å²) in [7, 11) is 0. The Bertz CT molecular complexity index is 590. The first-order valence-electron chi connectivity index (χ1n) is 5.98. The molecular formula is C14H13ClN2O3. The minimum Gasteiger partial charge on any atom is -0.297 e. The monoisotopic (exact) mass is 292 g/mol. The van der Waals surface area contributed by atoms with Crippen molar-refractivity contribution in [1.82, 2.24) is 5.48 Å². The quantitative estimate of drug-likeness (QED) is 0.503. The van der Waals surface area contributed by atoms with Gasteiger partial charge in [-0.15, -0.1) is 0 Å². The van der Waals surface area contributed by atoms with Gasteiger partial charge in [-0.25, -0.2) is 0 Å². The van der Waals surface area contributed by atoms with E-state index in [0.29, 0.717) is 23.7 Å². The fourth-order valence-corrected chi connectivity index (χ4v) is 1.83. The second kappa shape index (κ2) is 7.00. The number of halogens is 1. The summed E-state index contributed by atoms with van der Waals surface area (Å²) in [4.78, 5) is 15.5. The van der Waals surface area contributed by atoms with Gasteiger partial charge < -0.3 is 0 Å². The van der Waals surface area contributed by atoms with E-state index in [1.807, 2.05) is 30.3 Å². The first-order chi connectivity index (χ1) is 9.66. The Kier molecular flexibility index (Phi) is 5.06. The number of nitro benzene ring substituents is 1. The van der Waals surface area contributed by atoms with Crippen LogP contribution in [0.3, 0.4) is 0 Å². The average Bonchev–Trinajstić information content (AvgIpc) is 2.46. The van der Waals surface area contributed by atoms with Crippen LogP contribution in [0.5, 0.6) is 0 Å². The molecule has 2 rings (SSSR count). The summed E-state index contributed by atoms with van der Waals surface area (Å²) in [5.41, 5.74) is 4.41. The van der Waals surface area contributed by atoms with Crippen molar-refractivity contribution in [2.45, 2.75) is 13.2 Å². The number of hydrogen-bond acceptors (Lipinski definition) is 4. The summed E-state index contributed by atoms with van der Waals surface area (Å²) in [5.74, 6) is 0. The van der Waals surface area contributed by atoms with Crippen LogP contribution in [0.2, 0.25) is 5.02 Å². The number of nitrogens with zero attached hydrogens (tertiary/aromatic N) is 1. The van der Waals surface area contributed by atoms with E-state index in [1.165, 1.54) is 18.2 Å². The summed E-state index contributed by atoms with van der Waals surface area (Å²) in [6.45, 7) is 0.709. The van der Waals surface area contributed by atoms with E-state index in [-0.39, 0.29) is 5.69 Å². The molecule has 104 valence electrons. The van der Waals surface area contributed by atoms with Crippen LogP contribution in [0.4, 0.5) is 5.69 Å². The third-order valence-corrected chi connectivity index (χ3v) is 3.06. The Labute approximate surface area is 121 Å². The zero-order valence-electron chi connectivity index (χ0n) is 10.6. The fourth-order valence-electron chi connectivity index (χ4n) is 1.65. The van der Waals surface area contributed by atoms with Crippen LogP contribution < -0.4 is 5.48 Å². The molecule has 0 spiro atoms. The highest BCUT2D eigenvalue weighted by Crippen LogP contribution is 2.21. The van der Waals surface area contributed by atoms with Gasteiger partial charge in [0.1, 0.15) is 0 Å². The molecule has 0 aromatic heterocycles. The molecule has 2 aromatic carbocycles. The second-order valence-corrected chi connectivity index (χ2v) is 4.54. The highest BCUT2D eigenvalue weighted by Gasteiger charge is 2.09. The molecule has 0 radical (unpaired) electrons. The minimum absolute atomic E-state index is 0.00857. The molecule has 6 heteroatoms. The largest absolute Gasteiger partial charge is 0.297 e. The zero-order chi connectivity index (χ0) is 14.4. The lowest BCUT2D eigenvalue weighted by Gasteiger charge is -2.07. The van der Waals surface area contributed by atoms with Crippen molar-refractivity contribution in [3.05, 3.63) is 74.8 Å². The number of nitro groups is 1. The van der Waals surface area contributed by atoms with Crippen molar-refractivity contribution >= 4 is 17.3 Å². The van der Waals surface area contributed by atoms with Crippen LogP contribution in [0, 0.1) is 10.1 Å². The number of rotatable bonds is 6. The minimum atomic E-state index is -0.454. The fraction of sp³-hybridized carbons (Fsp3) is 0.143. The van der Waals surface area contributed by atoms with Gasteiger partial charge in [0, 0.05) is 23.7 Å². The molecular weight excluding hydrogens is 280 g/mol. The van der Waals surface area contributed by atoms with E-state index in [0.717, 1.165) is 5.56 Å². The van der Waals surface area contributed by atoms with Crippen molar-refractivity contribution in [2.24, 2.45) is 0 Å². The van der Waals surface area contributed by atoms with E-state index in [9.17, 15) is 10.1 Å². The Morgan fingerprint density at radius 1 is 1.20 bits per heavy atom. The maximum Gasteiger partial charge on any atom is 0.269 e. The van der Waals surface area contributed by atoms with Crippen LogP contribution >= 0.6 is 11.6 Å². The molecule has 0 aliphatic heterocycles. The van der Waals surface area contributed by atoms with Gasteiger partial charge in [0.2, 0.25) is 0 Å². The van der Waals surface area contributed by atoms with E-state index >= 15 is 0 Å². The Balaban J connectivity index is 1.88. The third-order valence-electron chi connectivity index (χ3n) is 2.69. The van der Waals surface area contributed by atoms with Gasteiger partial charge in [-0.1, -0.05) is 41.9 Å². The van der Waals surface area contributed by atoms with Crippen molar-refractivity contribution < 1.29 is 9.76 Å². The summed E-state index contributed by atoms with van der Waals surface area (Å²) >= 11 is 5.98. The molecule has 5 nitrogen and oxygen atoms in total. The first kappa shape index (κ1) is 14.5. The summed E-state index contributed by atoms with van der Waals surface area (Å²) in [5, 5.41) is 11.2. The molecule has 0 heterocycles. The van der Waals surface area contributed by atoms with Crippen LogP contribution in [0.25, 0.3) is 0 Å². The maximum absolute atomic E-state index is 10.7. The molecule has 0 saturated carbocycles. The standard InChI is InChI=1S/C14H13ClN2O3/c15-14-7-6-13(17(18)19)8-12(14)9-16-20-10-11-4-2-1-3-5-11/h1-8,16H,9-10H2. The van der Waals surface area contributed by atoms with Crippen molar-refractivity contribution in [3.8, 4) is 0 Å². The Morgan fingerprint density at radius 2 is 1.95 bits per heavy atom. The lowest BCUT2D eigenvalue weighted by atomic mass is 10.2. The highest BCUT2D eigenvalue weighted by atomic mass is 35.5. The van der Waals surface area contributed by atoms with Gasteiger partial charge in [0.15, 0.2) is 0 Å². The molecule has 20 heavy (non-hydrogen) atoms. The van der Waals surface area contributed by atoms with Crippen molar-refractivity contribution in [1.29, 1.82) is 0 Å². The van der Waals surface area contributed by atoms with Gasteiger partial charge in [0.05, 0.1) is 11.5 Å². The van der Waals surface area contributed by atoms with Gasteiger partial charge in [-0.3, -0.25) is 15.0 Å². The predicted molar refractivity (Wildman–Crippen MR) is 76.2 cm³/mol. The summed E-state index contributed by atoms with van der Waals surface area (Å²) in [6, 6.07) is 14.0. The van der Waals surface area contributed by atoms with Gasteiger partial charge in [-0.05, 0) is 17.2 Å². The third kappa shape index (κ3) is 4.03. The Hall–Kier alpha value is -1.95. The Morgan fingerprint density at radius 3 is 2.65 bits per heavy atom. The lowest BCUT2D eigenvalue weighted by molar-refractivity contribution is -0.384. The summed E-state index contributed by atoms with van der Waals surface area (Å²) in [6.07, 6.45) is 0. The van der Waals surface area contributed by atoms with Crippen molar-refractivity contribution in [2.75, 3.05) is 0 Å². The summed E-state index contributed by atoms with van der Waals surface area (Å²) < 4.78 is 0. The normalized spacial score (nSPS) is 10.4. The highest BCUT2D eigenvalue weighted by molar-refractivity contribution is 6.31. The number of nitrogens with one attached hydrogen (secondary N) is 1. The van der Waals surface area contributed by atoms with E-state index < -0.39 is 4.92 Å². The van der Waals surface area contributed by atoms with E-state index in [1.54, 1.807) is 0 Å². The molecule has 1 N–H and O–H groups in total. The van der Waals surface area contributed by atoms with Crippen molar-refractivity contribution in [3.63, 3.8) is 0 Å². The molecule has 0 unspecified atom stereocenters. The van der Waals surface area contributed by atoms with Gasteiger partial charge in [0.25, 0.3) is 5.69 Å². The number of hydroxylamine groups is 1. The van der Waals surface area contributed by atoms with E-state index in [2.05, 4.69) is 5.48 Å². The SMILES string of the molecule is O=[N+]([O-])c1ccc(Cl)c(CNOCc2ccccc2)c1. The van der Waals surface area contributed by atoms with Crippen LogP contribution in [0.15, 0.2) is 48.5 Å². The first-order valence-corrected chi connectivity index (χ1v) is 6.36. The predicted octanol–water partition coefficient (Wildman–Crippen LogP) is 3.47. The average molecular weight is 293 g/mol. The molecule has 0 atom stereocenters. The maximum atomic E-state index is 10.7. The number of benzene rings is 2. The van der Waals surface area contributed by atoms with Gasteiger partial charge >= 0.3 is 0 Å². The molecule has 2 aromatic rings. The lowest BCUT2D eigenvalue weighted by Crippen LogP contribution is -2.14. The number of hydrogen-bond donors (Lipinski definition) is 1. The number of non-ortho nitro benzene ring substituents is 1. The zero-order valence-corrected chi connectivity index (χ0v) is 11.3. The topological polar surface area (TPSA) is 64.4 Å². The molecule has 0 fully saturated rings. The molecule has 0 aliphatic carbocycles.